The van der Waals surface area contributed by atoms with Gasteiger partial charge in [0.1, 0.15) is 11.7 Å². The van der Waals surface area contributed by atoms with Gasteiger partial charge >= 0.3 is 0 Å². The third kappa shape index (κ3) is 5.05. The number of nitrogens with one attached hydrogen (secondary N) is 2. The molecule has 2 fully saturated rings. The highest BCUT2D eigenvalue weighted by molar-refractivity contribution is 7.15. The molecule has 1 amide bonds. The Morgan fingerprint density at radius 3 is 2.50 bits per heavy atom. The minimum Gasteiger partial charge on any atom is -0.340 e. The van der Waals surface area contributed by atoms with Gasteiger partial charge in [0.05, 0.1) is 19.9 Å². The molecular formula is C26H25Cl2N3O2S. The predicted octanol–water partition coefficient (Wildman–Crippen LogP) is 6.12. The van der Waals surface area contributed by atoms with Crippen molar-refractivity contribution in [2.75, 3.05) is 6.54 Å². The van der Waals surface area contributed by atoms with E-state index in [0.717, 1.165) is 54.1 Å². The van der Waals surface area contributed by atoms with Gasteiger partial charge in [-0.1, -0.05) is 60.0 Å². The van der Waals surface area contributed by atoms with E-state index in [1.54, 1.807) is 23.5 Å². The first-order valence-electron chi connectivity index (χ1n) is 11.6. The molecule has 34 heavy (non-hydrogen) atoms. The van der Waals surface area contributed by atoms with E-state index in [9.17, 15) is 9.59 Å². The van der Waals surface area contributed by atoms with Crippen LogP contribution in [0.15, 0.2) is 48.5 Å². The molecule has 1 saturated carbocycles. The number of nitrogens with zero attached hydrogens (tertiary/aromatic N) is 1. The molecule has 5 nitrogen and oxygen atoms in total. The first-order chi connectivity index (χ1) is 16.5. The van der Waals surface area contributed by atoms with Gasteiger partial charge in [0.25, 0.3) is 5.91 Å². The molecular weight excluding hydrogens is 489 g/mol. The number of hydrogen-bond acceptors (Lipinski definition) is 5. The van der Waals surface area contributed by atoms with Crippen molar-refractivity contribution in [1.82, 2.24) is 15.6 Å². The first kappa shape index (κ1) is 23.5. The molecule has 1 aromatic heterocycles. The van der Waals surface area contributed by atoms with Crippen LogP contribution in [0, 0.1) is 0 Å². The number of aromatic nitrogens is 1. The van der Waals surface area contributed by atoms with Crippen LogP contribution in [-0.4, -0.2) is 35.3 Å². The van der Waals surface area contributed by atoms with Crippen LogP contribution in [0.3, 0.4) is 0 Å². The summed E-state index contributed by atoms with van der Waals surface area (Å²) in [5.41, 5.74) is 1.79. The van der Waals surface area contributed by atoms with Crippen LogP contribution in [0.2, 0.25) is 10.0 Å². The minimum absolute atomic E-state index is 0.158. The molecule has 2 N–H and O–H groups in total. The summed E-state index contributed by atoms with van der Waals surface area (Å²) in [5.74, 6) is -0.0796. The first-order valence-corrected chi connectivity index (χ1v) is 13.2. The second-order valence-electron chi connectivity index (χ2n) is 8.87. The fourth-order valence-corrected chi connectivity index (χ4v) is 5.86. The molecule has 8 heteroatoms. The second-order valence-corrected chi connectivity index (χ2v) is 10.7. The van der Waals surface area contributed by atoms with Crippen molar-refractivity contribution in [3.63, 3.8) is 0 Å². The Balaban J connectivity index is 1.49. The third-order valence-electron chi connectivity index (χ3n) is 6.34. The molecule has 2 heterocycles. The van der Waals surface area contributed by atoms with E-state index in [-0.39, 0.29) is 17.7 Å². The van der Waals surface area contributed by atoms with Crippen molar-refractivity contribution in [3.05, 3.63) is 74.8 Å². The topological polar surface area (TPSA) is 71.1 Å². The van der Waals surface area contributed by atoms with Crippen LogP contribution < -0.4 is 10.6 Å². The molecule has 1 saturated heterocycles. The molecule has 0 radical (unpaired) electrons. The van der Waals surface area contributed by atoms with Gasteiger partial charge in [-0.15, -0.1) is 11.3 Å². The molecule has 0 bridgehead atoms. The van der Waals surface area contributed by atoms with Crippen molar-refractivity contribution < 1.29 is 9.59 Å². The summed E-state index contributed by atoms with van der Waals surface area (Å²) in [5, 5.41) is 8.12. The zero-order valence-electron chi connectivity index (χ0n) is 18.5. The fraction of sp³-hybridized carbons (Fsp3) is 0.346. The number of carbonyl (C=O) groups is 2. The van der Waals surface area contributed by atoms with Gasteiger partial charge in [-0.05, 0) is 56.0 Å². The van der Waals surface area contributed by atoms with Gasteiger partial charge in [0, 0.05) is 17.5 Å². The van der Waals surface area contributed by atoms with Crippen LogP contribution in [0.1, 0.15) is 63.9 Å². The average Bonchev–Trinajstić information content (AvgIpc) is 3.63. The van der Waals surface area contributed by atoms with E-state index in [2.05, 4.69) is 10.6 Å². The molecule has 0 spiro atoms. The van der Waals surface area contributed by atoms with Gasteiger partial charge in [-0.3, -0.25) is 9.59 Å². The quantitative estimate of drug-likeness (QED) is 0.373. The van der Waals surface area contributed by atoms with E-state index in [1.165, 1.54) is 6.07 Å². The maximum atomic E-state index is 14.0. The molecule has 2 aliphatic rings. The number of Topliss-reactive ketones (excluding diaryl/α,β-unsaturated/α-hetero) is 1. The monoisotopic (exact) mass is 513 g/mol. The number of rotatable bonds is 7. The third-order valence-corrected chi connectivity index (χ3v) is 8.35. The largest absolute Gasteiger partial charge is 0.340 e. The molecule has 2 atom stereocenters. The SMILES string of the molecule is O=C(NC(C(=O)c1nc(C2CC2)sc1-c1ccccc1)C1CCCCN1)c1ccc(Cl)c(Cl)c1. The van der Waals surface area contributed by atoms with Gasteiger partial charge in [0.2, 0.25) is 5.78 Å². The number of benzene rings is 2. The van der Waals surface area contributed by atoms with Crippen LogP contribution in [0.25, 0.3) is 10.4 Å². The minimum atomic E-state index is -0.737. The van der Waals surface area contributed by atoms with Crippen LogP contribution in [-0.2, 0) is 0 Å². The van der Waals surface area contributed by atoms with Crippen molar-refractivity contribution in [2.24, 2.45) is 0 Å². The van der Waals surface area contributed by atoms with Gasteiger partial charge in [-0.2, -0.15) is 0 Å². The number of piperidine rings is 1. The summed E-state index contributed by atoms with van der Waals surface area (Å²) >= 11 is 13.7. The lowest BCUT2D eigenvalue weighted by atomic mass is 9.92. The van der Waals surface area contributed by atoms with Crippen LogP contribution in [0.4, 0.5) is 0 Å². The maximum absolute atomic E-state index is 14.0. The maximum Gasteiger partial charge on any atom is 0.251 e. The number of halogens is 2. The number of carbonyl (C=O) groups excluding carboxylic acids is 2. The van der Waals surface area contributed by atoms with Crippen molar-refractivity contribution in [2.45, 2.75) is 50.1 Å². The fourth-order valence-electron chi connectivity index (χ4n) is 4.32. The summed E-state index contributed by atoms with van der Waals surface area (Å²) in [7, 11) is 0. The van der Waals surface area contributed by atoms with Crippen molar-refractivity contribution in [3.8, 4) is 10.4 Å². The number of ketones is 1. The Bertz CT molecular complexity index is 1200. The smallest absolute Gasteiger partial charge is 0.251 e. The van der Waals surface area contributed by atoms with E-state index in [0.29, 0.717) is 27.2 Å². The summed E-state index contributed by atoms with van der Waals surface area (Å²) < 4.78 is 0. The molecule has 2 aromatic carbocycles. The standard InChI is InChI=1S/C26H25Cl2N3O2S/c27-18-12-11-17(14-19(18)28)25(33)30-21(20-8-4-5-13-29-20)23(32)22-24(15-6-2-1-3-7-15)34-26(31-22)16-9-10-16/h1-3,6-7,11-12,14,16,20-21,29H,4-5,8-10,13H2,(H,30,33). The van der Waals surface area contributed by atoms with Crippen LogP contribution in [0.5, 0.6) is 0 Å². The lowest BCUT2D eigenvalue weighted by Crippen LogP contribution is -2.55. The van der Waals surface area contributed by atoms with Gasteiger partial charge in [0.15, 0.2) is 0 Å². The van der Waals surface area contributed by atoms with Gasteiger partial charge in [-0.25, -0.2) is 4.98 Å². The summed E-state index contributed by atoms with van der Waals surface area (Å²) in [6, 6.07) is 13.7. The Morgan fingerprint density at radius 1 is 1.03 bits per heavy atom. The highest BCUT2D eigenvalue weighted by atomic mass is 35.5. The van der Waals surface area contributed by atoms with E-state index >= 15 is 0 Å². The Hall–Kier alpha value is -2.25. The zero-order chi connectivity index (χ0) is 23.7. The van der Waals surface area contributed by atoms with Crippen molar-refractivity contribution >= 4 is 46.2 Å². The highest BCUT2D eigenvalue weighted by Crippen LogP contribution is 2.45. The van der Waals surface area contributed by atoms with Crippen molar-refractivity contribution in [1.29, 1.82) is 0 Å². The summed E-state index contributed by atoms with van der Waals surface area (Å²) in [6.07, 6.45) is 5.07. The number of amides is 1. The summed E-state index contributed by atoms with van der Waals surface area (Å²) in [4.78, 5) is 32.9. The zero-order valence-corrected chi connectivity index (χ0v) is 20.8. The van der Waals surface area contributed by atoms with Gasteiger partial charge < -0.3 is 10.6 Å². The molecule has 1 aliphatic heterocycles. The van der Waals surface area contributed by atoms with E-state index in [4.69, 9.17) is 28.2 Å². The second kappa shape index (κ2) is 10.2. The summed E-state index contributed by atoms with van der Waals surface area (Å²) in [6.45, 7) is 0.813. The number of hydrogen-bond donors (Lipinski definition) is 2. The Labute approximate surface area is 212 Å². The lowest BCUT2D eigenvalue weighted by molar-refractivity contribution is 0.0823. The predicted molar refractivity (Wildman–Crippen MR) is 137 cm³/mol. The molecule has 5 rings (SSSR count). The molecule has 2 unspecified atom stereocenters. The van der Waals surface area contributed by atoms with E-state index in [1.807, 2.05) is 30.3 Å². The average molecular weight is 514 g/mol. The Kier molecular flexibility index (Phi) is 7.02. The molecule has 176 valence electrons. The highest BCUT2D eigenvalue weighted by Gasteiger charge is 2.36. The normalized spacial score (nSPS) is 18.9. The Morgan fingerprint density at radius 2 is 1.82 bits per heavy atom. The number of thiazole rings is 1. The van der Waals surface area contributed by atoms with Crippen LogP contribution >= 0.6 is 34.5 Å². The molecule has 3 aromatic rings. The lowest BCUT2D eigenvalue weighted by Gasteiger charge is -2.31. The molecule has 1 aliphatic carbocycles. The van der Waals surface area contributed by atoms with E-state index < -0.39 is 6.04 Å².